The molecule has 4 atom stereocenters. The molecule has 1 unspecified atom stereocenters. The lowest BCUT2D eigenvalue weighted by Gasteiger charge is -2.46. The van der Waals surface area contributed by atoms with Gasteiger partial charge in [-0.15, -0.1) is 11.8 Å². The zero-order valence-corrected chi connectivity index (χ0v) is 12.6. The summed E-state index contributed by atoms with van der Waals surface area (Å²) in [7, 11) is 0. The number of hydrogen-bond acceptors (Lipinski definition) is 6. The van der Waals surface area contributed by atoms with E-state index in [1.807, 2.05) is 0 Å². The van der Waals surface area contributed by atoms with Gasteiger partial charge in [-0.1, -0.05) is 0 Å². The minimum Gasteiger partial charge on any atom is -0.477 e. The second-order valence-corrected chi connectivity index (χ2v) is 6.35. The fourth-order valence-electron chi connectivity index (χ4n) is 3.02. The molecule has 21 heavy (non-hydrogen) atoms. The molecule has 0 radical (unpaired) electrons. The summed E-state index contributed by atoms with van der Waals surface area (Å²) in [6, 6.07) is -0.596. The average Bonchev–Trinajstić information content (AvgIpc) is 2.66. The first kappa shape index (κ1) is 16.0. The maximum absolute atomic E-state index is 12.1. The number of carbonyl (C=O) groups excluding carboxylic acids is 2. The molecule has 2 aliphatic rings. The molecule has 7 nitrogen and oxygen atoms in total. The quantitative estimate of drug-likeness (QED) is 0.560. The lowest BCUT2D eigenvalue weighted by atomic mass is 9.77. The summed E-state index contributed by atoms with van der Waals surface area (Å²) in [5.41, 5.74) is 5.30. The van der Waals surface area contributed by atoms with Gasteiger partial charge in [-0.05, 0) is 13.8 Å². The Morgan fingerprint density at radius 1 is 1.48 bits per heavy atom. The van der Waals surface area contributed by atoms with Crippen molar-refractivity contribution in [1.29, 1.82) is 0 Å². The summed E-state index contributed by atoms with van der Waals surface area (Å²) in [5, 5.41) is 19.1. The second kappa shape index (κ2) is 5.78. The number of fused-ring (bicyclic) bond motifs is 1. The monoisotopic (exact) mass is 314 g/mol. The van der Waals surface area contributed by atoms with Crippen molar-refractivity contribution < 1.29 is 24.6 Å². The van der Waals surface area contributed by atoms with Crippen molar-refractivity contribution in [2.75, 3.05) is 12.3 Å². The van der Waals surface area contributed by atoms with E-state index in [9.17, 15) is 24.6 Å². The number of aliphatic carboxylic acids is 1. The molecule has 0 aliphatic carbocycles. The Labute approximate surface area is 126 Å². The molecule has 0 bridgehead atoms. The molecule has 2 rings (SSSR count). The average molecular weight is 314 g/mol. The van der Waals surface area contributed by atoms with Crippen molar-refractivity contribution in [3.8, 4) is 0 Å². The Balaban J connectivity index is 2.45. The number of aliphatic hydroxyl groups is 1. The number of nitrogens with zero attached hydrogens (tertiary/aromatic N) is 1. The molecule has 0 spiro atoms. The van der Waals surface area contributed by atoms with Crippen molar-refractivity contribution in [2.24, 2.45) is 17.6 Å². The predicted molar refractivity (Wildman–Crippen MR) is 76.2 cm³/mol. The molecule has 2 aliphatic heterocycles. The van der Waals surface area contributed by atoms with Gasteiger partial charge in [0, 0.05) is 17.2 Å². The molecular weight excluding hydrogens is 296 g/mol. The first-order valence-electron chi connectivity index (χ1n) is 6.64. The number of carboxylic acid groups (broad SMARTS) is 1. The van der Waals surface area contributed by atoms with Crippen LogP contribution in [0.1, 0.15) is 13.8 Å². The highest BCUT2D eigenvalue weighted by molar-refractivity contribution is 8.03. The molecule has 116 valence electrons. The third-order valence-electron chi connectivity index (χ3n) is 3.82. The smallest absolute Gasteiger partial charge is 0.353 e. The van der Waals surface area contributed by atoms with Crippen LogP contribution >= 0.6 is 11.8 Å². The van der Waals surface area contributed by atoms with E-state index in [1.165, 1.54) is 25.6 Å². The summed E-state index contributed by atoms with van der Waals surface area (Å²) >= 11 is 1.20. The highest BCUT2D eigenvalue weighted by Gasteiger charge is 2.62. The molecule has 2 heterocycles. The summed E-state index contributed by atoms with van der Waals surface area (Å²) in [6.45, 7) is 3.19. The van der Waals surface area contributed by atoms with Gasteiger partial charge in [-0.25, -0.2) is 4.79 Å². The number of thioether (sulfide) groups is 1. The third-order valence-corrected chi connectivity index (χ3v) is 5.02. The van der Waals surface area contributed by atoms with Gasteiger partial charge in [0.05, 0.1) is 24.0 Å². The number of rotatable bonds is 6. The van der Waals surface area contributed by atoms with Crippen LogP contribution in [0.2, 0.25) is 0 Å². The minimum atomic E-state index is -1.24. The topological polar surface area (TPSA) is 121 Å². The molecule has 0 aromatic heterocycles. The number of β-lactam (4-membered cyclic amide) rings is 1. The Morgan fingerprint density at radius 2 is 2.10 bits per heavy atom. The summed E-state index contributed by atoms with van der Waals surface area (Å²) in [4.78, 5) is 37.1. The van der Waals surface area contributed by atoms with Gasteiger partial charge in [0.15, 0.2) is 0 Å². The number of nitrogens with two attached hydrogens (primary N) is 1. The number of ketones is 1. The van der Waals surface area contributed by atoms with Crippen molar-refractivity contribution in [3.05, 3.63) is 10.6 Å². The van der Waals surface area contributed by atoms with E-state index in [1.54, 1.807) is 0 Å². The first-order chi connectivity index (χ1) is 9.82. The SMILES string of the molecule is CC(=O)C1C(SCCN)=C(C(=O)O)N2C(=O)[C@H]([C@@H](C)O)[C@H]12. The van der Waals surface area contributed by atoms with Gasteiger partial charge < -0.3 is 15.9 Å². The maximum atomic E-state index is 12.1. The van der Waals surface area contributed by atoms with E-state index in [4.69, 9.17) is 5.73 Å². The molecule has 0 aromatic rings. The number of amides is 1. The normalized spacial score (nSPS) is 29.2. The Hall–Kier alpha value is -1.38. The van der Waals surface area contributed by atoms with E-state index < -0.39 is 35.9 Å². The minimum absolute atomic E-state index is 0.138. The predicted octanol–water partition coefficient (Wildman–Crippen LogP) is -0.599. The summed E-state index contributed by atoms with van der Waals surface area (Å²) in [5.74, 6) is -2.85. The van der Waals surface area contributed by atoms with E-state index in [-0.39, 0.29) is 11.5 Å². The Bertz CT molecular complexity index is 531. The second-order valence-electron chi connectivity index (χ2n) is 5.21. The Kier molecular flexibility index (Phi) is 4.40. The van der Waals surface area contributed by atoms with Crippen molar-refractivity contribution in [1.82, 2.24) is 4.90 Å². The van der Waals surface area contributed by atoms with Crippen molar-refractivity contribution in [2.45, 2.75) is 26.0 Å². The largest absolute Gasteiger partial charge is 0.477 e. The standard InChI is InChI=1S/C13H18N2O5S/c1-5(16)7-9-8(6(2)17)12(18)15(9)10(13(19)20)11(7)21-4-3-14/h6-9,17H,3-4,14H2,1-2H3,(H,19,20)/t6-,7?,8-,9+/m1/s1. The van der Waals surface area contributed by atoms with Gasteiger partial charge in [0.2, 0.25) is 5.91 Å². The third kappa shape index (κ3) is 2.37. The van der Waals surface area contributed by atoms with Crippen LogP contribution in [0.5, 0.6) is 0 Å². The summed E-state index contributed by atoms with van der Waals surface area (Å²) < 4.78 is 0. The van der Waals surface area contributed by atoms with Crippen LogP contribution in [0, 0.1) is 11.8 Å². The fourth-order valence-corrected chi connectivity index (χ4v) is 4.17. The molecule has 0 saturated carbocycles. The molecule has 1 saturated heterocycles. The van der Waals surface area contributed by atoms with Crippen LogP contribution in [-0.2, 0) is 14.4 Å². The van der Waals surface area contributed by atoms with Gasteiger partial charge in [0.25, 0.3) is 0 Å². The number of Topliss-reactive ketones (excluding diaryl/α,β-unsaturated/α-hetero) is 1. The molecule has 1 fully saturated rings. The van der Waals surface area contributed by atoms with E-state index in [0.717, 1.165) is 4.90 Å². The van der Waals surface area contributed by atoms with E-state index in [2.05, 4.69) is 0 Å². The molecule has 8 heteroatoms. The van der Waals surface area contributed by atoms with Gasteiger partial charge in [-0.3, -0.25) is 14.5 Å². The van der Waals surface area contributed by atoms with Gasteiger partial charge in [-0.2, -0.15) is 0 Å². The van der Waals surface area contributed by atoms with Crippen LogP contribution in [0.4, 0.5) is 0 Å². The number of aliphatic hydroxyl groups excluding tert-OH is 1. The van der Waals surface area contributed by atoms with Crippen LogP contribution in [0.3, 0.4) is 0 Å². The zero-order chi connectivity index (χ0) is 15.9. The van der Waals surface area contributed by atoms with Crippen LogP contribution in [0.25, 0.3) is 0 Å². The van der Waals surface area contributed by atoms with Crippen LogP contribution in [0.15, 0.2) is 10.6 Å². The molecule has 1 amide bonds. The van der Waals surface area contributed by atoms with Crippen molar-refractivity contribution >= 4 is 29.4 Å². The lowest BCUT2D eigenvalue weighted by Crippen LogP contribution is -2.64. The zero-order valence-electron chi connectivity index (χ0n) is 11.8. The number of carbonyl (C=O) groups is 3. The molecule has 4 N–H and O–H groups in total. The number of hydrogen-bond donors (Lipinski definition) is 3. The highest BCUT2D eigenvalue weighted by Crippen LogP contribution is 2.50. The van der Waals surface area contributed by atoms with Gasteiger partial charge >= 0.3 is 5.97 Å². The molecular formula is C13H18N2O5S. The van der Waals surface area contributed by atoms with E-state index >= 15 is 0 Å². The maximum Gasteiger partial charge on any atom is 0.353 e. The fraction of sp³-hybridized carbons (Fsp3) is 0.615. The lowest BCUT2D eigenvalue weighted by molar-refractivity contribution is -0.164. The van der Waals surface area contributed by atoms with Crippen molar-refractivity contribution in [3.63, 3.8) is 0 Å². The van der Waals surface area contributed by atoms with E-state index in [0.29, 0.717) is 17.2 Å². The first-order valence-corrected chi connectivity index (χ1v) is 7.63. The highest BCUT2D eigenvalue weighted by atomic mass is 32.2. The Morgan fingerprint density at radius 3 is 2.52 bits per heavy atom. The number of carboxylic acids is 1. The van der Waals surface area contributed by atoms with Gasteiger partial charge in [0.1, 0.15) is 11.5 Å². The van der Waals surface area contributed by atoms with Crippen LogP contribution < -0.4 is 5.73 Å². The molecule has 0 aromatic carbocycles. The van der Waals surface area contributed by atoms with Crippen LogP contribution in [-0.4, -0.2) is 57.2 Å². The summed E-state index contributed by atoms with van der Waals surface area (Å²) in [6.07, 6.45) is -0.922.